The van der Waals surface area contributed by atoms with E-state index >= 15 is 0 Å². The van der Waals surface area contributed by atoms with Gasteiger partial charge in [-0.25, -0.2) is 9.42 Å². The van der Waals surface area contributed by atoms with Crippen LogP contribution in [-0.2, 0) is 17.8 Å². The van der Waals surface area contributed by atoms with E-state index in [0.717, 1.165) is 5.56 Å². The molecule has 1 aromatic heterocycles. The summed E-state index contributed by atoms with van der Waals surface area (Å²) in [7, 11) is -4.48. The molecule has 0 unspecified atom stereocenters. The molecule has 0 aliphatic heterocycles. The number of hydrogen-bond donors (Lipinski definition) is 2. The third-order valence-corrected chi connectivity index (χ3v) is 18.5. The average Bonchev–Trinajstić information content (AvgIpc) is 3.46. The van der Waals surface area contributed by atoms with Crippen molar-refractivity contribution in [3.05, 3.63) is 65.0 Å². The van der Waals surface area contributed by atoms with Crippen LogP contribution in [0.3, 0.4) is 0 Å². The van der Waals surface area contributed by atoms with Crippen molar-refractivity contribution in [2.75, 3.05) is 6.54 Å². The molecule has 0 saturated carbocycles. The topological polar surface area (TPSA) is 159 Å². The van der Waals surface area contributed by atoms with Crippen molar-refractivity contribution >= 4 is 28.6 Å². The van der Waals surface area contributed by atoms with E-state index in [-0.39, 0.29) is 40.7 Å². The van der Waals surface area contributed by atoms with Crippen LogP contribution in [0.2, 0.25) is 36.3 Å². The van der Waals surface area contributed by atoms with Gasteiger partial charge in [0.2, 0.25) is 16.6 Å². The highest BCUT2D eigenvalue weighted by atomic mass is 28.4. The maximum Gasteiger partial charge on any atom is 0.410 e. The third-order valence-electron chi connectivity index (χ3n) is 9.80. The summed E-state index contributed by atoms with van der Waals surface area (Å²) in [6.45, 7) is 29.1. The second-order valence-electron chi connectivity index (χ2n) is 17.5. The third kappa shape index (κ3) is 11.6. The number of rotatable bonds is 14. The smallest absolute Gasteiger partial charge is 0.410 e. The Hall–Kier alpha value is -3.89. The quantitative estimate of drug-likeness (QED) is 0.153. The van der Waals surface area contributed by atoms with Crippen LogP contribution in [0, 0.1) is 0 Å². The Balaban J connectivity index is 1.89. The molecule has 14 heteroatoms. The molecule has 0 aliphatic rings. The lowest BCUT2D eigenvalue weighted by molar-refractivity contribution is 0.00545. The number of carbonyl (C=O) groups excluding carboxylic acids is 2. The van der Waals surface area contributed by atoms with E-state index in [0.29, 0.717) is 29.2 Å². The lowest BCUT2D eigenvalue weighted by Gasteiger charge is -2.38. The molecular weight excluding hydrogens is 697 g/mol. The monoisotopic (exact) mass is 756 g/mol. The number of carbonyl (C=O) groups is 2. The number of aromatic nitrogens is 2. The summed E-state index contributed by atoms with van der Waals surface area (Å²) < 4.78 is 29.6. The van der Waals surface area contributed by atoms with E-state index in [9.17, 15) is 14.7 Å². The van der Waals surface area contributed by atoms with Gasteiger partial charge in [-0.2, -0.15) is 0 Å². The van der Waals surface area contributed by atoms with Crippen molar-refractivity contribution in [2.24, 2.45) is 5.73 Å². The van der Waals surface area contributed by atoms with E-state index in [1.165, 1.54) is 0 Å². The fraction of sp³-hybridized carbons (Fsp3) is 0.579. The van der Waals surface area contributed by atoms with E-state index in [1.54, 1.807) is 17.0 Å². The van der Waals surface area contributed by atoms with Crippen LogP contribution in [0.4, 0.5) is 4.79 Å². The summed E-state index contributed by atoms with van der Waals surface area (Å²) in [6, 6.07) is 12.6. The molecule has 12 nitrogen and oxygen atoms in total. The first-order valence-electron chi connectivity index (χ1n) is 17.7. The van der Waals surface area contributed by atoms with Crippen LogP contribution in [0.1, 0.15) is 103 Å². The summed E-state index contributed by atoms with van der Waals surface area (Å²) in [4.78, 5) is 26.8. The molecule has 3 aromatic rings. The molecule has 0 fully saturated rings. The maximum atomic E-state index is 13.7. The Labute approximate surface area is 311 Å². The average molecular weight is 757 g/mol. The van der Waals surface area contributed by atoms with Crippen LogP contribution in [0.15, 0.2) is 47.1 Å². The Morgan fingerprint density at radius 1 is 0.846 bits per heavy atom. The molecule has 1 heterocycles. The first-order chi connectivity index (χ1) is 23.7. The van der Waals surface area contributed by atoms with Crippen LogP contribution in [0.25, 0.3) is 0 Å². The number of nitrogens with two attached hydrogens (primary N) is 1. The van der Waals surface area contributed by atoms with E-state index in [1.807, 2.05) is 58.0 Å². The van der Waals surface area contributed by atoms with Crippen molar-refractivity contribution in [3.8, 4) is 17.2 Å². The molecule has 0 saturated heterocycles. The first-order valence-corrected chi connectivity index (χ1v) is 23.5. The van der Waals surface area contributed by atoms with Crippen LogP contribution in [0.5, 0.6) is 17.2 Å². The minimum absolute atomic E-state index is 0.0196. The second-order valence-corrected chi connectivity index (χ2v) is 27.0. The molecule has 3 N–H and O–H groups in total. The molecule has 0 aliphatic carbocycles. The van der Waals surface area contributed by atoms with Gasteiger partial charge in [-0.3, -0.25) is 4.79 Å². The number of primary amides is 1. The molecule has 288 valence electrons. The van der Waals surface area contributed by atoms with Gasteiger partial charge in [0.15, 0.2) is 11.4 Å². The predicted molar refractivity (Wildman–Crippen MR) is 207 cm³/mol. The van der Waals surface area contributed by atoms with E-state index < -0.39 is 40.3 Å². The summed E-state index contributed by atoms with van der Waals surface area (Å²) in [5.74, 6) is 1.06. The molecule has 52 heavy (non-hydrogen) atoms. The standard InChI is InChI=1S/C38H60N4O8Si2/c1-25(19-26-15-17-28(18-16-26)46-24-31-33(34(39)44)41-50-40-31)42(35(45)47-36(2,3)4)23-32(43)27-20-29(48-51(11,12)37(5,6)7)22-30(21-27)49-52(13,14)38(8,9)10/h15-18,20-22,25,32,43H,19,23-24H2,1-14H3,(H2,39,44)/t25-,32-/m0/s1. The summed E-state index contributed by atoms with van der Waals surface area (Å²) >= 11 is 0. The highest BCUT2D eigenvalue weighted by Gasteiger charge is 2.41. The van der Waals surface area contributed by atoms with Crippen molar-refractivity contribution in [1.29, 1.82) is 0 Å². The van der Waals surface area contributed by atoms with E-state index in [4.69, 9.17) is 24.1 Å². The number of aliphatic hydroxyl groups excluding tert-OH is 1. The first kappa shape index (κ1) is 42.5. The summed E-state index contributed by atoms with van der Waals surface area (Å²) in [6.07, 6.45) is -1.12. The Bertz CT molecular complexity index is 1630. The Kier molecular flexibility index (Phi) is 13.1. The highest BCUT2D eigenvalue weighted by molar-refractivity contribution is 6.75. The van der Waals surface area contributed by atoms with Crippen molar-refractivity contribution in [3.63, 3.8) is 0 Å². The zero-order valence-corrected chi connectivity index (χ0v) is 35.5. The number of amides is 2. The lowest BCUT2D eigenvalue weighted by Crippen LogP contribution is -2.45. The van der Waals surface area contributed by atoms with Gasteiger partial charge >= 0.3 is 6.09 Å². The van der Waals surface area contributed by atoms with Crippen LogP contribution >= 0.6 is 0 Å². The molecule has 0 spiro atoms. The SMILES string of the molecule is C[C@@H](Cc1ccc(OCc2nonc2C(N)=O)cc1)N(C[C@H](O)c1cc(O[Si](C)(C)C(C)(C)C)cc(O[Si](C)(C)C(C)(C)C)c1)C(=O)OC(C)(C)C. The Morgan fingerprint density at radius 2 is 1.37 bits per heavy atom. The lowest BCUT2D eigenvalue weighted by atomic mass is 10.0. The number of aliphatic hydroxyl groups is 1. The minimum atomic E-state index is -2.24. The molecule has 2 aromatic carbocycles. The molecule has 2 atom stereocenters. The van der Waals surface area contributed by atoms with Gasteiger partial charge < -0.3 is 34.1 Å². The largest absolute Gasteiger partial charge is 0.543 e. The van der Waals surface area contributed by atoms with Gasteiger partial charge in [-0.1, -0.05) is 58.8 Å². The predicted octanol–water partition coefficient (Wildman–Crippen LogP) is 8.42. The fourth-order valence-corrected chi connectivity index (χ4v) is 6.69. The van der Waals surface area contributed by atoms with Crippen LogP contribution in [-0.4, -0.2) is 67.1 Å². The second kappa shape index (κ2) is 16.0. The summed E-state index contributed by atoms with van der Waals surface area (Å²) in [5, 5.41) is 19.0. The number of benzene rings is 2. The molecule has 0 radical (unpaired) electrons. The van der Waals surface area contributed by atoms with Gasteiger partial charge in [-0.05, 0) is 111 Å². The van der Waals surface area contributed by atoms with Gasteiger partial charge in [0.25, 0.3) is 5.91 Å². The van der Waals surface area contributed by atoms with E-state index in [2.05, 4.69) is 82.7 Å². The molecule has 2 amide bonds. The van der Waals surface area contributed by atoms with Gasteiger partial charge in [0, 0.05) is 12.1 Å². The van der Waals surface area contributed by atoms with Crippen LogP contribution < -0.4 is 19.3 Å². The molecule has 3 rings (SSSR count). The Morgan fingerprint density at radius 3 is 1.83 bits per heavy atom. The summed E-state index contributed by atoms with van der Waals surface area (Å²) in [5.41, 5.74) is 6.20. The number of ether oxygens (including phenoxy) is 2. The number of nitrogens with zero attached hydrogens (tertiary/aromatic N) is 3. The zero-order chi connectivity index (χ0) is 39.4. The molecule has 0 bridgehead atoms. The van der Waals surface area contributed by atoms with Gasteiger partial charge in [0.1, 0.15) is 29.5 Å². The number of hydrogen-bond acceptors (Lipinski definition) is 10. The molecular formula is C38H60N4O8Si2. The van der Waals surface area contributed by atoms with Crippen molar-refractivity contribution in [2.45, 2.75) is 136 Å². The van der Waals surface area contributed by atoms with Crippen molar-refractivity contribution in [1.82, 2.24) is 15.2 Å². The minimum Gasteiger partial charge on any atom is -0.543 e. The van der Waals surface area contributed by atoms with Gasteiger partial charge in [-0.15, -0.1) is 0 Å². The normalized spacial score (nSPS) is 14.0. The zero-order valence-electron chi connectivity index (χ0n) is 33.5. The van der Waals surface area contributed by atoms with Gasteiger partial charge in [0.05, 0.1) is 12.6 Å². The highest BCUT2D eigenvalue weighted by Crippen LogP contribution is 2.41. The van der Waals surface area contributed by atoms with Crippen molar-refractivity contribution < 1.29 is 37.7 Å². The fourth-order valence-electron chi connectivity index (χ4n) is 4.66. The maximum absolute atomic E-state index is 13.7.